The van der Waals surface area contributed by atoms with Crippen molar-refractivity contribution in [1.82, 2.24) is 14.8 Å². The maximum absolute atomic E-state index is 12.5. The van der Waals surface area contributed by atoms with Gasteiger partial charge in [-0.15, -0.1) is 16.8 Å². The molecule has 0 radical (unpaired) electrons. The molecule has 1 unspecified atom stereocenters. The Bertz CT molecular complexity index is 1100. The van der Waals surface area contributed by atoms with E-state index in [4.69, 9.17) is 9.47 Å². The number of aromatic nitrogens is 3. The van der Waals surface area contributed by atoms with Gasteiger partial charge in [0.2, 0.25) is 5.91 Å². The lowest BCUT2D eigenvalue weighted by Gasteiger charge is -2.26. The molecule has 0 fully saturated rings. The van der Waals surface area contributed by atoms with E-state index in [1.165, 1.54) is 11.8 Å². The van der Waals surface area contributed by atoms with Crippen LogP contribution < -0.4 is 19.7 Å². The fourth-order valence-corrected chi connectivity index (χ4v) is 4.02. The SMILES string of the molecule is C=CCn1c(SCC(=O)Nc2ccc(N(C)C)cc2)nnc1C1COc2ccccc2O1. The summed E-state index contributed by atoms with van der Waals surface area (Å²) in [5.41, 5.74) is 1.82. The second-order valence-electron chi connectivity index (χ2n) is 7.38. The van der Waals surface area contributed by atoms with Crippen molar-refractivity contribution < 1.29 is 14.3 Å². The summed E-state index contributed by atoms with van der Waals surface area (Å²) in [6, 6.07) is 15.2. The van der Waals surface area contributed by atoms with Crippen molar-refractivity contribution in [3.63, 3.8) is 0 Å². The minimum atomic E-state index is -0.393. The van der Waals surface area contributed by atoms with Crippen LogP contribution in [0.25, 0.3) is 0 Å². The van der Waals surface area contributed by atoms with Gasteiger partial charge in [0.1, 0.15) is 6.61 Å². The monoisotopic (exact) mass is 451 g/mol. The van der Waals surface area contributed by atoms with Crippen LogP contribution in [-0.4, -0.2) is 47.1 Å². The Morgan fingerprint density at radius 3 is 2.69 bits per heavy atom. The van der Waals surface area contributed by atoms with Crippen LogP contribution in [0.4, 0.5) is 11.4 Å². The molecule has 4 rings (SSSR count). The number of ether oxygens (including phenoxy) is 2. The lowest BCUT2D eigenvalue weighted by Crippen LogP contribution is -2.25. The highest BCUT2D eigenvalue weighted by Crippen LogP contribution is 2.36. The van der Waals surface area contributed by atoms with Crippen LogP contribution in [0.1, 0.15) is 11.9 Å². The standard InChI is InChI=1S/C23H25N5O3S/c1-4-13-28-22(20-14-30-18-7-5-6-8-19(18)31-20)25-26-23(28)32-15-21(29)24-16-9-11-17(12-10-16)27(2)3/h4-12,20H,1,13-15H2,2-3H3,(H,24,29). The maximum Gasteiger partial charge on any atom is 0.234 e. The molecule has 3 aromatic rings. The first-order valence-electron chi connectivity index (χ1n) is 10.2. The van der Waals surface area contributed by atoms with Crippen molar-refractivity contribution >= 4 is 29.0 Å². The first kappa shape index (κ1) is 21.8. The van der Waals surface area contributed by atoms with Crippen LogP contribution in [0.15, 0.2) is 66.3 Å². The molecule has 1 aliphatic rings. The van der Waals surface area contributed by atoms with E-state index in [1.54, 1.807) is 6.08 Å². The molecule has 0 spiro atoms. The third-order valence-electron chi connectivity index (χ3n) is 4.85. The molecular weight excluding hydrogens is 426 g/mol. The van der Waals surface area contributed by atoms with Crippen LogP contribution >= 0.6 is 11.8 Å². The molecule has 166 valence electrons. The maximum atomic E-state index is 12.5. The van der Waals surface area contributed by atoms with E-state index < -0.39 is 6.10 Å². The number of carbonyl (C=O) groups excluding carboxylic acids is 1. The Balaban J connectivity index is 1.41. The van der Waals surface area contributed by atoms with Crippen molar-refractivity contribution in [3.05, 3.63) is 67.0 Å². The number of thioether (sulfide) groups is 1. The van der Waals surface area contributed by atoms with Gasteiger partial charge >= 0.3 is 0 Å². The van der Waals surface area contributed by atoms with Gasteiger partial charge in [-0.1, -0.05) is 30.0 Å². The van der Waals surface area contributed by atoms with Crippen molar-refractivity contribution in [2.24, 2.45) is 0 Å². The highest BCUT2D eigenvalue weighted by atomic mass is 32.2. The highest BCUT2D eigenvalue weighted by Gasteiger charge is 2.28. The van der Waals surface area contributed by atoms with Gasteiger partial charge in [0.25, 0.3) is 0 Å². The molecular formula is C23H25N5O3S. The molecule has 0 saturated carbocycles. The second-order valence-corrected chi connectivity index (χ2v) is 8.32. The number of amides is 1. The van der Waals surface area contributed by atoms with E-state index in [0.717, 1.165) is 11.4 Å². The summed E-state index contributed by atoms with van der Waals surface area (Å²) in [6.45, 7) is 4.66. The van der Waals surface area contributed by atoms with Gasteiger partial charge in [-0.3, -0.25) is 9.36 Å². The molecule has 0 bridgehead atoms. The van der Waals surface area contributed by atoms with Gasteiger partial charge in [-0.2, -0.15) is 0 Å². The molecule has 2 heterocycles. The highest BCUT2D eigenvalue weighted by molar-refractivity contribution is 7.99. The number of hydrogen-bond acceptors (Lipinski definition) is 7. The summed E-state index contributed by atoms with van der Waals surface area (Å²) in [4.78, 5) is 14.5. The van der Waals surface area contributed by atoms with Gasteiger partial charge in [0.05, 0.1) is 5.75 Å². The summed E-state index contributed by atoms with van der Waals surface area (Å²) in [6.07, 6.45) is 1.37. The molecule has 1 aliphatic heterocycles. The summed E-state index contributed by atoms with van der Waals surface area (Å²) in [7, 11) is 3.95. The molecule has 1 aromatic heterocycles. The Morgan fingerprint density at radius 2 is 1.97 bits per heavy atom. The average molecular weight is 452 g/mol. The third kappa shape index (κ3) is 4.88. The lowest BCUT2D eigenvalue weighted by molar-refractivity contribution is -0.113. The lowest BCUT2D eigenvalue weighted by atomic mass is 10.2. The molecule has 0 aliphatic carbocycles. The van der Waals surface area contributed by atoms with Crippen LogP contribution in [0.3, 0.4) is 0 Å². The number of hydrogen-bond donors (Lipinski definition) is 1. The predicted molar refractivity (Wildman–Crippen MR) is 126 cm³/mol. The normalized spacial score (nSPS) is 14.6. The van der Waals surface area contributed by atoms with Gasteiger partial charge in [0.15, 0.2) is 28.6 Å². The van der Waals surface area contributed by atoms with E-state index in [0.29, 0.717) is 35.6 Å². The fourth-order valence-electron chi connectivity index (χ4n) is 3.26. The van der Waals surface area contributed by atoms with E-state index in [-0.39, 0.29) is 11.7 Å². The minimum absolute atomic E-state index is 0.117. The largest absolute Gasteiger partial charge is 0.485 e. The number of nitrogens with zero attached hydrogens (tertiary/aromatic N) is 4. The Morgan fingerprint density at radius 1 is 1.22 bits per heavy atom. The topological polar surface area (TPSA) is 81.5 Å². The van der Waals surface area contributed by atoms with Gasteiger partial charge in [-0.05, 0) is 36.4 Å². The molecule has 8 nitrogen and oxygen atoms in total. The summed E-state index contributed by atoms with van der Waals surface area (Å²) >= 11 is 1.32. The zero-order valence-corrected chi connectivity index (χ0v) is 18.8. The number of rotatable bonds is 8. The van der Waals surface area contributed by atoms with Crippen LogP contribution in [0.2, 0.25) is 0 Å². The molecule has 1 amide bonds. The number of carbonyl (C=O) groups is 1. The molecule has 9 heteroatoms. The van der Waals surface area contributed by atoms with Crippen molar-refractivity contribution in [1.29, 1.82) is 0 Å². The summed E-state index contributed by atoms with van der Waals surface area (Å²) < 4.78 is 13.8. The van der Waals surface area contributed by atoms with E-state index in [9.17, 15) is 4.79 Å². The van der Waals surface area contributed by atoms with Crippen LogP contribution in [0.5, 0.6) is 11.5 Å². The zero-order valence-electron chi connectivity index (χ0n) is 18.0. The van der Waals surface area contributed by atoms with Gasteiger partial charge in [0, 0.05) is 32.0 Å². The first-order valence-corrected chi connectivity index (χ1v) is 11.2. The van der Waals surface area contributed by atoms with Gasteiger partial charge < -0.3 is 19.7 Å². The average Bonchev–Trinajstić information content (AvgIpc) is 3.20. The van der Waals surface area contributed by atoms with Gasteiger partial charge in [-0.25, -0.2) is 0 Å². The number of para-hydroxylation sites is 2. The number of allylic oxidation sites excluding steroid dienone is 1. The number of anilines is 2. The molecule has 1 atom stereocenters. The van der Waals surface area contributed by atoms with E-state index >= 15 is 0 Å². The van der Waals surface area contributed by atoms with Crippen LogP contribution in [-0.2, 0) is 11.3 Å². The summed E-state index contributed by atoms with van der Waals surface area (Å²) in [5, 5.41) is 12.1. The van der Waals surface area contributed by atoms with E-state index in [2.05, 4.69) is 22.1 Å². The number of nitrogens with one attached hydrogen (secondary N) is 1. The van der Waals surface area contributed by atoms with Crippen molar-refractivity contribution in [2.45, 2.75) is 17.8 Å². The second kappa shape index (κ2) is 9.78. The quantitative estimate of drug-likeness (QED) is 0.412. The smallest absolute Gasteiger partial charge is 0.234 e. The zero-order chi connectivity index (χ0) is 22.5. The Kier molecular flexibility index (Phi) is 6.65. The molecule has 1 N–H and O–H groups in total. The fraction of sp³-hybridized carbons (Fsp3) is 0.261. The predicted octanol–water partition coefficient (Wildman–Crippen LogP) is 3.77. The number of fused-ring (bicyclic) bond motifs is 1. The molecule has 2 aromatic carbocycles. The Hall–Kier alpha value is -3.46. The Labute approximate surface area is 191 Å². The number of benzene rings is 2. The minimum Gasteiger partial charge on any atom is -0.485 e. The first-order chi connectivity index (χ1) is 15.5. The van der Waals surface area contributed by atoms with Crippen LogP contribution in [0, 0.1) is 0 Å². The summed E-state index contributed by atoms with van der Waals surface area (Å²) in [5.74, 6) is 2.11. The van der Waals surface area contributed by atoms with Crippen molar-refractivity contribution in [3.8, 4) is 11.5 Å². The third-order valence-corrected chi connectivity index (χ3v) is 5.82. The van der Waals surface area contributed by atoms with E-state index in [1.807, 2.05) is 72.1 Å². The molecule has 0 saturated heterocycles. The molecule has 32 heavy (non-hydrogen) atoms. The van der Waals surface area contributed by atoms with Crippen molar-refractivity contribution in [2.75, 3.05) is 36.7 Å².